The van der Waals surface area contributed by atoms with Crippen molar-refractivity contribution in [2.24, 2.45) is 0 Å². The van der Waals surface area contributed by atoms with Gasteiger partial charge in [0.25, 0.3) is 5.91 Å². The van der Waals surface area contributed by atoms with Gasteiger partial charge in [-0.2, -0.15) is 0 Å². The molecular formula is C22H27N7O6. The second kappa shape index (κ2) is 9.29. The first-order valence-electron chi connectivity index (χ1n) is 11.5. The third-order valence-corrected chi connectivity index (χ3v) is 6.52. The lowest BCUT2D eigenvalue weighted by Crippen LogP contribution is -2.44. The maximum absolute atomic E-state index is 12.4. The average Bonchev–Trinajstić information content (AvgIpc) is 3.44. The number of imidazole rings is 1. The SMILES string of the molecule is COC(=O)N(CC#Cc1nc(N)c2ncn([C@@H]3O[C@H](C(=O)NC4CC4)C(O)[C@@H]3O)c2n1)C1CCC1. The summed E-state index contributed by atoms with van der Waals surface area (Å²) in [7, 11) is 1.33. The maximum atomic E-state index is 12.4. The Morgan fingerprint density at radius 2 is 2.06 bits per heavy atom. The molecule has 2 aromatic rings. The highest BCUT2D eigenvalue weighted by Crippen LogP contribution is 2.33. The molecule has 5 N–H and O–H groups in total. The summed E-state index contributed by atoms with van der Waals surface area (Å²) in [6.45, 7) is 0.145. The first-order chi connectivity index (χ1) is 16.9. The summed E-state index contributed by atoms with van der Waals surface area (Å²) in [5, 5.41) is 23.8. The van der Waals surface area contributed by atoms with E-state index in [9.17, 15) is 19.8 Å². The standard InChI is InChI=1S/C22H27N7O6/c1-34-22(33)28(12-4-2-5-12)9-3-6-13-26-18(23)14-19(27-13)29(10-24-14)21-16(31)15(30)17(35-21)20(32)25-11-7-8-11/h10-12,15-17,21,30-31H,2,4-5,7-9H2,1H3,(H,25,32)(H2,23,26,27)/t15?,16-,17-,21+/m0/s1. The zero-order chi connectivity index (χ0) is 24.7. The van der Waals surface area contributed by atoms with Crippen LogP contribution in [0, 0.1) is 11.8 Å². The van der Waals surface area contributed by atoms with Gasteiger partial charge in [-0.25, -0.2) is 19.7 Å². The number of aliphatic hydroxyl groups is 2. The number of rotatable bonds is 5. The number of methoxy groups -OCH3 is 1. The van der Waals surface area contributed by atoms with Gasteiger partial charge in [0, 0.05) is 12.1 Å². The van der Waals surface area contributed by atoms with E-state index in [1.54, 1.807) is 4.90 Å². The van der Waals surface area contributed by atoms with Crippen molar-refractivity contribution >= 4 is 29.0 Å². The van der Waals surface area contributed by atoms with E-state index in [4.69, 9.17) is 15.2 Å². The average molecular weight is 486 g/mol. The van der Waals surface area contributed by atoms with Gasteiger partial charge in [0.2, 0.25) is 5.82 Å². The number of aliphatic hydroxyl groups excluding tert-OH is 2. The molecule has 0 bridgehead atoms. The number of nitrogens with zero attached hydrogens (tertiary/aromatic N) is 5. The smallest absolute Gasteiger partial charge is 0.410 e. The number of aromatic nitrogens is 4. The Balaban J connectivity index is 1.38. The van der Waals surface area contributed by atoms with Crippen molar-refractivity contribution in [2.75, 3.05) is 19.4 Å². The first-order valence-corrected chi connectivity index (χ1v) is 11.5. The van der Waals surface area contributed by atoms with Gasteiger partial charge in [-0.15, -0.1) is 0 Å². The van der Waals surface area contributed by atoms with Gasteiger partial charge in [0.15, 0.2) is 23.8 Å². The zero-order valence-electron chi connectivity index (χ0n) is 19.1. The normalized spacial score (nSPS) is 26.0. The van der Waals surface area contributed by atoms with Crippen LogP contribution >= 0.6 is 0 Å². The van der Waals surface area contributed by atoms with Gasteiger partial charge >= 0.3 is 6.09 Å². The van der Waals surface area contributed by atoms with E-state index in [0.717, 1.165) is 32.1 Å². The number of hydrogen-bond donors (Lipinski definition) is 4. The largest absolute Gasteiger partial charge is 0.453 e. The number of carbonyl (C=O) groups excluding carboxylic acids is 2. The third-order valence-electron chi connectivity index (χ3n) is 6.52. The molecule has 35 heavy (non-hydrogen) atoms. The molecule has 4 atom stereocenters. The fourth-order valence-corrected chi connectivity index (χ4v) is 4.16. The molecule has 2 aliphatic carbocycles. The molecule has 1 saturated heterocycles. The summed E-state index contributed by atoms with van der Waals surface area (Å²) < 4.78 is 12.0. The predicted octanol–water partition coefficient (Wildman–Crippen LogP) is -0.721. The first kappa shape index (κ1) is 23.3. The predicted molar refractivity (Wildman–Crippen MR) is 120 cm³/mol. The molecule has 3 heterocycles. The lowest BCUT2D eigenvalue weighted by atomic mass is 9.92. The number of ether oxygens (including phenoxy) is 2. The van der Waals surface area contributed by atoms with E-state index in [1.165, 1.54) is 18.0 Å². The summed E-state index contributed by atoms with van der Waals surface area (Å²) in [6.07, 6.45) is 0.356. The fourth-order valence-electron chi connectivity index (χ4n) is 4.16. The molecule has 1 unspecified atom stereocenters. The lowest BCUT2D eigenvalue weighted by molar-refractivity contribution is -0.137. The van der Waals surface area contributed by atoms with E-state index in [2.05, 4.69) is 32.1 Å². The minimum Gasteiger partial charge on any atom is -0.453 e. The maximum Gasteiger partial charge on any atom is 0.410 e. The number of anilines is 1. The Hall–Kier alpha value is -3.47. The lowest BCUT2D eigenvalue weighted by Gasteiger charge is -2.35. The van der Waals surface area contributed by atoms with Crippen LogP contribution in [0.3, 0.4) is 0 Å². The fraction of sp³-hybridized carbons (Fsp3) is 0.591. The van der Waals surface area contributed by atoms with Gasteiger partial charge in [-0.05, 0) is 38.0 Å². The zero-order valence-corrected chi connectivity index (χ0v) is 19.1. The third kappa shape index (κ3) is 4.47. The van der Waals surface area contributed by atoms with Crippen LogP contribution in [0.2, 0.25) is 0 Å². The van der Waals surface area contributed by atoms with Gasteiger partial charge in [0.05, 0.1) is 20.0 Å². The highest BCUT2D eigenvalue weighted by atomic mass is 16.6. The van der Waals surface area contributed by atoms with Gasteiger partial charge in [-0.3, -0.25) is 14.3 Å². The number of carbonyl (C=O) groups is 2. The Bertz CT molecular complexity index is 1200. The van der Waals surface area contributed by atoms with Crippen LogP contribution in [0.5, 0.6) is 0 Å². The van der Waals surface area contributed by atoms with Gasteiger partial charge in [-0.1, -0.05) is 5.92 Å². The van der Waals surface area contributed by atoms with Crippen molar-refractivity contribution in [3.63, 3.8) is 0 Å². The molecule has 2 saturated carbocycles. The molecule has 0 radical (unpaired) electrons. The molecule has 186 valence electrons. The Morgan fingerprint density at radius 3 is 2.71 bits per heavy atom. The topological polar surface area (TPSA) is 178 Å². The Labute approximate surface area is 200 Å². The summed E-state index contributed by atoms with van der Waals surface area (Å²) in [5.41, 5.74) is 6.54. The second-order valence-corrected chi connectivity index (χ2v) is 8.95. The van der Waals surface area contributed by atoms with Gasteiger partial charge < -0.3 is 30.7 Å². The number of amides is 2. The molecule has 1 aliphatic heterocycles. The van der Waals surface area contributed by atoms with Crippen LogP contribution in [-0.4, -0.2) is 90.7 Å². The molecule has 3 fully saturated rings. The summed E-state index contributed by atoms with van der Waals surface area (Å²) >= 11 is 0. The number of fused-ring (bicyclic) bond motifs is 1. The monoisotopic (exact) mass is 485 g/mol. The van der Waals surface area contributed by atoms with E-state index in [1.807, 2.05) is 0 Å². The van der Waals surface area contributed by atoms with Crippen LogP contribution in [0.4, 0.5) is 10.6 Å². The second-order valence-electron chi connectivity index (χ2n) is 8.95. The van der Waals surface area contributed by atoms with Crippen molar-refractivity contribution in [1.82, 2.24) is 29.7 Å². The highest BCUT2D eigenvalue weighted by Gasteiger charge is 2.48. The minimum atomic E-state index is -1.43. The van der Waals surface area contributed by atoms with E-state index in [0.29, 0.717) is 0 Å². The van der Waals surface area contributed by atoms with Crippen LogP contribution < -0.4 is 11.1 Å². The van der Waals surface area contributed by atoms with Crippen molar-refractivity contribution in [3.05, 3.63) is 12.2 Å². The van der Waals surface area contributed by atoms with Crippen molar-refractivity contribution in [3.8, 4) is 11.8 Å². The summed E-state index contributed by atoms with van der Waals surface area (Å²) in [5.74, 6) is 5.38. The molecule has 0 spiro atoms. The molecule has 13 nitrogen and oxygen atoms in total. The van der Waals surface area contributed by atoms with Gasteiger partial charge in [0.1, 0.15) is 17.7 Å². The Kier molecular flexibility index (Phi) is 6.18. The molecular weight excluding hydrogens is 458 g/mol. The number of nitrogen functional groups attached to an aromatic ring is 1. The molecule has 5 rings (SSSR count). The van der Waals surface area contributed by atoms with Crippen LogP contribution in [-0.2, 0) is 14.3 Å². The molecule has 3 aliphatic rings. The number of nitrogens with two attached hydrogens (primary N) is 1. The Morgan fingerprint density at radius 1 is 1.29 bits per heavy atom. The van der Waals surface area contributed by atoms with E-state index in [-0.39, 0.29) is 41.4 Å². The van der Waals surface area contributed by atoms with Crippen LogP contribution in [0.25, 0.3) is 11.2 Å². The highest BCUT2D eigenvalue weighted by molar-refractivity contribution is 5.83. The minimum absolute atomic E-state index is 0.0675. The number of nitrogens with one attached hydrogen (secondary N) is 1. The van der Waals surface area contributed by atoms with E-state index < -0.39 is 36.5 Å². The number of hydrogen-bond acceptors (Lipinski definition) is 10. The summed E-state index contributed by atoms with van der Waals surface area (Å²) in [4.78, 5) is 38.8. The molecule has 13 heteroatoms. The van der Waals surface area contributed by atoms with E-state index >= 15 is 0 Å². The van der Waals surface area contributed by atoms with Crippen molar-refractivity contribution in [1.29, 1.82) is 0 Å². The van der Waals surface area contributed by atoms with Crippen LogP contribution in [0.15, 0.2) is 6.33 Å². The molecule has 0 aromatic carbocycles. The van der Waals surface area contributed by atoms with Crippen molar-refractivity contribution < 1.29 is 29.3 Å². The van der Waals surface area contributed by atoms with Crippen molar-refractivity contribution in [2.45, 2.75) is 68.7 Å². The molecule has 2 amide bonds. The quantitative estimate of drug-likeness (QED) is 0.395. The summed E-state index contributed by atoms with van der Waals surface area (Å²) in [6, 6.07) is 0.181. The molecule has 2 aromatic heterocycles. The van der Waals surface area contributed by atoms with Crippen LogP contribution in [0.1, 0.15) is 44.2 Å².